The van der Waals surface area contributed by atoms with Crippen molar-refractivity contribution in [2.45, 2.75) is 19.6 Å². The number of ether oxygens (including phenoxy) is 1. The summed E-state index contributed by atoms with van der Waals surface area (Å²) in [4.78, 5) is 0. The number of para-hydroxylation sites is 2. The van der Waals surface area contributed by atoms with Crippen molar-refractivity contribution in [2.24, 2.45) is 0 Å². The van der Waals surface area contributed by atoms with Gasteiger partial charge in [-0.3, -0.25) is 0 Å². The second-order valence-electron chi connectivity index (χ2n) is 4.41. The predicted octanol–water partition coefficient (Wildman–Crippen LogP) is 5.77. The summed E-state index contributed by atoms with van der Waals surface area (Å²) in [5.74, 6) is 0.0810. The third-order valence-corrected chi connectivity index (χ3v) is 3.48. The molecule has 0 heterocycles. The van der Waals surface area contributed by atoms with Gasteiger partial charge in [0.1, 0.15) is 5.75 Å². The molecular weight excluding hydrogens is 319 g/mol. The van der Waals surface area contributed by atoms with E-state index in [-0.39, 0.29) is 11.8 Å². The molecule has 1 atom stereocenters. The highest BCUT2D eigenvalue weighted by molar-refractivity contribution is 6.33. The van der Waals surface area contributed by atoms with Crippen LogP contribution in [-0.2, 0) is 0 Å². The molecule has 0 fully saturated rings. The summed E-state index contributed by atoms with van der Waals surface area (Å²) in [6.07, 6.45) is 0. The Balaban J connectivity index is 2.23. The minimum absolute atomic E-state index is 0.0810. The highest BCUT2D eigenvalue weighted by Gasteiger charge is 2.14. The van der Waals surface area contributed by atoms with Gasteiger partial charge in [0.2, 0.25) is 0 Å². The maximum absolute atomic E-state index is 12.4. The van der Waals surface area contributed by atoms with Gasteiger partial charge in [-0.15, -0.1) is 0 Å². The molecule has 0 amide bonds. The SMILES string of the molecule is CC(Nc1ccccc1OC(F)F)c1cc(Cl)ccc1Cl. The maximum Gasteiger partial charge on any atom is 0.387 e. The van der Waals surface area contributed by atoms with Crippen molar-refractivity contribution in [3.63, 3.8) is 0 Å². The van der Waals surface area contributed by atoms with E-state index in [9.17, 15) is 8.78 Å². The van der Waals surface area contributed by atoms with Crippen LogP contribution >= 0.6 is 23.2 Å². The first-order valence-electron chi connectivity index (χ1n) is 6.22. The Morgan fingerprint density at radius 3 is 2.52 bits per heavy atom. The molecule has 2 aromatic carbocycles. The molecule has 0 aliphatic rings. The fourth-order valence-electron chi connectivity index (χ4n) is 1.94. The first-order valence-corrected chi connectivity index (χ1v) is 6.98. The standard InChI is InChI=1S/C15H13Cl2F2NO/c1-9(11-8-10(16)6-7-12(11)17)20-13-4-2-3-5-14(13)21-15(18)19/h2-9,15,20H,1H3. The summed E-state index contributed by atoms with van der Waals surface area (Å²) in [5.41, 5.74) is 1.23. The first kappa shape index (κ1) is 15.9. The minimum Gasteiger partial charge on any atom is -0.433 e. The number of rotatable bonds is 5. The van der Waals surface area contributed by atoms with Gasteiger partial charge in [0.15, 0.2) is 0 Å². The van der Waals surface area contributed by atoms with E-state index < -0.39 is 6.61 Å². The van der Waals surface area contributed by atoms with Gasteiger partial charge < -0.3 is 10.1 Å². The van der Waals surface area contributed by atoms with Crippen LogP contribution in [0.1, 0.15) is 18.5 Å². The molecule has 1 N–H and O–H groups in total. The molecule has 2 nitrogen and oxygen atoms in total. The summed E-state index contributed by atoms with van der Waals surface area (Å²) in [6, 6.07) is 11.4. The van der Waals surface area contributed by atoms with Crippen molar-refractivity contribution >= 4 is 28.9 Å². The average Bonchev–Trinajstić information content (AvgIpc) is 2.43. The van der Waals surface area contributed by atoms with Gasteiger partial charge in [-0.25, -0.2) is 0 Å². The fourth-order valence-corrected chi connectivity index (χ4v) is 2.40. The monoisotopic (exact) mass is 331 g/mol. The van der Waals surface area contributed by atoms with Crippen molar-refractivity contribution in [2.75, 3.05) is 5.32 Å². The molecule has 0 saturated carbocycles. The third-order valence-electron chi connectivity index (χ3n) is 2.90. The number of alkyl halides is 2. The van der Waals surface area contributed by atoms with Crippen molar-refractivity contribution in [1.29, 1.82) is 0 Å². The second kappa shape index (κ2) is 6.96. The lowest BCUT2D eigenvalue weighted by Crippen LogP contribution is -2.10. The Morgan fingerprint density at radius 1 is 1.10 bits per heavy atom. The molecule has 1 unspecified atom stereocenters. The molecule has 21 heavy (non-hydrogen) atoms. The van der Waals surface area contributed by atoms with Gasteiger partial charge >= 0.3 is 6.61 Å². The van der Waals surface area contributed by atoms with E-state index in [1.807, 2.05) is 6.92 Å². The summed E-state index contributed by atoms with van der Waals surface area (Å²) in [6.45, 7) is -1.02. The van der Waals surface area contributed by atoms with Gasteiger partial charge in [-0.2, -0.15) is 8.78 Å². The van der Waals surface area contributed by atoms with Gasteiger partial charge in [0.25, 0.3) is 0 Å². The minimum atomic E-state index is -2.88. The quantitative estimate of drug-likeness (QED) is 0.751. The van der Waals surface area contributed by atoms with E-state index in [2.05, 4.69) is 10.1 Å². The zero-order valence-corrected chi connectivity index (χ0v) is 12.6. The van der Waals surface area contributed by atoms with E-state index in [1.165, 1.54) is 6.07 Å². The average molecular weight is 332 g/mol. The van der Waals surface area contributed by atoms with E-state index in [1.54, 1.807) is 36.4 Å². The molecule has 2 aromatic rings. The van der Waals surface area contributed by atoms with Gasteiger partial charge in [-0.1, -0.05) is 35.3 Å². The zero-order chi connectivity index (χ0) is 15.4. The predicted molar refractivity (Wildman–Crippen MR) is 81.6 cm³/mol. The molecule has 0 saturated heterocycles. The number of nitrogens with one attached hydrogen (secondary N) is 1. The molecule has 0 aromatic heterocycles. The highest BCUT2D eigenvalue weighted by atomic mass is 35.5. The van der Waals surface area contributed by atoms with Crippen molar-refractivity contribution < 1.29 is 13.5 Å². The Labute approximate surface area is 131 Å². The van der Waals surface area contributed by atoms with Crippen LogP contribution in [0.5, 0.6) is 5.75 Å². The fraction of sp³-hybridized carbons (Fsp3) is 0.200. The summed E-state index contributed by atoms with van der Waals surface area (Å²) < 4.78 is 29.3. The molecule has 6 heteroatoms. The lowest BCUT2D eigenvalue weighted by molar-refractivity contribution is -0.0493. The van der Waals surface area contributed by atoms with Crippen LogP contribution in [0.3, 0.4) is 0 Å². The normalized spacial score (nSPS) is 12.3. The Morgan fingerprint density at radius 2 is 1.81 bits per heavy atom. The lowest BCUT2D eigenvalue weighted by Gasteiger charge is -2.19. The molecule has 112 valence electrons. The number of halogens is 4. The van der Waals surface area contributed by atoms with Crippen LogP contribution in [0.2, 0.25) is 10.0 Å². The van der Waals surface area contributed by atoms with E-state index in [4.69, 9.17) is 23.2 Å². The van der Waals surface area contributed by atoms with Crippen molar-refractivity contribution in [3.05, 3.63) is 58.1 Å². The summed E-state index contributed by atoms with van der Waals surface area (Å²) >= 11 is 12.1. The zero-order valence-electron chi connectivity index (χ0n) is 11.1. The van der Waals surface area contributed by atoms with Crippen molar-refractivity contribution in [1.82, 2.24) is 0 Å². The second-order valence-corrected chi connectivity index (χ2v) is 5.25. The number of benzene rings is 2. The molecule has 0 bridgehead atoms. The smallest absolute Gasteiger partial charge is 0.387 e. The van der Waals surface area contributed by atoms with Crippen LogP contribution < -0.4 is 10.1 Å². The summed E-state index contributed by atoms with van der Waals surface area (Å²) in [7, 11) is 0. The lowest BCUT2D eigenvalue weighted by atomic mass is 10.1. The van der Waals surface area contributed by atoms with E-state index >= 15 is 0 Å². The van der Waals surface area contributed by atoms with E-state index in [0.717, 1.165) is 5.56 Å². The Bertz CT molecular complexity index is 622. The first-order chi connectivity index (χ1) is 9.97. The van der Waals surface area contributed by atoms with E-state index in [0.29, 0.717) is 15.7 Å². The van der Waals surface area contributed by atoms with Gasteiger partial charge in [0.05, 0.1) is 11.7 Å². The molecular formula is C15H13Cl2F2NO. The number of anilines is 1. The van der Waals surface area contributed by atoms with Gasteiger partial charge in [0, 0.05) is 10.0 Å². The van der Waals surface area contributed by atoms with Crippen molar-refractivity contribution in [3.8, 4) is 5.75 Å². The molecule has 0 radical (unpaired) electrons. The molecule has 0 aliphatic heterocycles. The third kappa shape index (κ3) is 4.22. The van der Waals surface area contributed by atoms with Crippen LogP contribution in [0, 0.1) is 0 Å². The van der Waals surface area contributed by atoms with Crippen LogP contribution in [0.4, 0.5) is 14.5 Å². The molecule has 0 aliphatic carbocycles. The molecule has 0 spiro atoms. The largest absolute Gasteiger partial charge is 0.433 e. The Kier molecular flexibility index (Phi) is 5.26. The highest BCUT2D eigenvalue weighted by Crippen LogP contribution is 2.32. The number of hydrogen-bond donors (Lipinski definition) is 1. The van der Waals surface area contributed by atoms with Crippen LogP contribution in [-0.4, -0.2) is 6.61 Å². The maximum atomic E-state index is 12.4. The van der Waals surface area contributed by atoms with Crippen LogP contribution in [0.15, 0.2) is 42.5 Å². The Hall–Kier alpha value is -1.52. The van der Waals surface area contributed by atoms with Crippen LogP contribution in [0.25, 0.3) is 0 Å². The summed E-state index contributed by atoms with van der Waals surface area (Å²) in [5, 5.41) is 4.20. The number of hydrogen-bond acceptors (Lipinski definition) is 2. The topological polar surface area (TPSA) is 21.3 Å². The van der Waals surface area contributed by atoms with Gasteiger partial charge in [-0.05, 0) is 42.8 Å². The molecule has 2 rings (SSSR count).